The van der Waals surface area contributed by atoms with E-state index in [1.807, 2.05) is 47.4 Å². The number of ether oxygens (including phenoxy) is 1. The molecule has 0 bridgehead atoms. The van der Waals surface area contributed by atoms with Crippen LogP contribution in [0.15, 0.2) is 59.1 Å². The van der Waals surface area contributed by atoms with Crippen LogP contribution in [0.4, 0.5) is 0 Å². The summed E-state index contributed by atoms with van der Waals surface area (Å²) in [4.78, 5) is 20.4. The Hall–Kier alpha value is -3.19. The number of aryl methyl sites for hydroxylation is 1. The third-order valence-electron chi connectivity index (χ3n) is 5.49. The van der Waals surface area contributed by atoms with Crippen LogP contribution < -0.4 is 9.64 Å². The van der Waals surface area contributed by atoms with Crippen molar-refractivity contribution in [2.45, 2.75) is 19.4 Å². The fourth-order valence-corrected chi connectivity index (χ4v) is 3.71. The van der Waals surface area contributed by atoms with Gasteiger partial charge in [0.25, 0.3) is 0 Å². The second-order valence-corrected chi connectivity index (χ2v) is 7.53. The van der Waals surface area contributed by atoms with Gasteiger partial charge in [-0.25, -0.2) is 0 Å². The van der Waals surface area contributed by atoms with E-state index in [0.29, 0.717) is 24.6 Å². The zero-order valence-corrected chi connectivity index (χ0v) is 17.2. The minimum atomic E-state index is 0.151. The summed E-state index contributed by atoms with van der Waals surface area (Å²) in [5.41, 5.74) is 2.20. The summed E-state index contributed by atoms with van der Waals surface area (Å²) in [6.07, 6.45) is 0.863. The first-order valence-corrected chi connectivity index (χ1v) is 10.3. The average Bonchev–Trinajstić information content (AvgIpc) is 3.28. The number of hydrogen-bond donors (Lipinski definition) is 1. The Labute approximate surface area is 176 Å². The van der Waals surface area contributed by atoms with Crippen LogP contribution in [0.25, 0.3) is 11.4 Å². The summed E-state index contributed by atoms with van der Waals surface area (Å²) in [7, 11) is 1.68. The van der Waals surface area contributed by atoms with E-state index in [1.54, 1.807) is 7.11 Å². The molecular formula is C23H27N4O3+. The van der Waals surface area contributed by atoms with Gasteiger partial charge in [-0.2, -0.15) is 4.98 Å². The summed E-state index contributed by atoms with van der Waals surface area (Å²) >= 11 is 0. The maximum atomic E-state index is 12.6. The minimum Gasteiger partial charge on any atom is -0.497 e. The fourth-order valence-electron chi connectivity index (χ4n) is 3.71. The Morgan fingerprint density at radius 1 is 1.10 bits per heavy atom. The van der Waals surface area contributed by atoms with Crippen molar-refractivity contribution in [3.8, 4) is 17.1 Å². The lowest BCUT2D eigenvalue weighted by molar-refractivity contribution is -0.917. The van der Waals surface area contributed by atoms with E-state index >= 15 is 0 Å². The first-order valence-electron chi connectivity index (χ1n) is 10.3. The van der Waals surface area contributed by atoms with Crippen molar-refractivity contribution in [1.82, 2.24) is 15.0 Å². The molecule has 0 saturated carbocycles. The van der Waals surface area contributed by atoms with Crippen LogP contribution in [0.2, 0.25) is 0 Å². The van der Waals surface area contributed by atoms with E-state index in [0.717, 1.165) is 44.0 Å². The second-order valence-electron chi connectivity index (χ2n) is 7.53. The molecule has 0 radical (unpaired) electrons. The number of hydrogen-bond acceptors (Lipinski definition) is 5. The first-order chi connectivity index (χ1) is 14.7. The smallest absolute Gasteiger partial charge is 0.227 e. The van der Waals surface area contributed by atoms with E-state index in [-0.39, 0.29) is 5.91 Å². The van der Waals surface area contributed by atoms with Crippen molar-refractivity contribution in [3.63, 3.8) is 0 Å². The number of carbonyl (C=O) groups excluding carboxylic acids is 1. The Balaban J connectivity index is 1.22. The summed E-state index contributed by atoms with van der Waals surface area (Å²) < 4.78 is 10.5. The molecule has 1 aromatic heterocycles. The van der Waals surface area contributed by atoms with Gasteiger partial charge in [-0.3, -0.25) is 4.79 Å². The largest absolute Gasteiger partial charge is 0.497 e. The normalized spacial score (nSPS) is 14.6. The molecule has 7 heteroatoms. The molecule has 2 aromatic carbocycles. The van der Waals surface area contributed by atoms with Crippen LogP contribution in [0, 0.1) is 0 Å². The summed E-state index contributed by atoms with van der Waals surface area (Å²) in [6.45, 7) is 4.44. The maximum absolute atomic E-state index is 12.6. The highest BCUT2D eigenvalue weighted by Gasteiger charge is 2.24. The van der Waals surface area contributed by atoms with Crippen LogP contribution in [0.3, 0.4) is 0 Å². The van der Waals surface area contributed by atoms with Gasteiger partial charge in [0, 0.05) is 24.0 Å². The number of aromatic nitrogens is 2. The van der Waals surface area contributed by atoms with Crippen LogP contribution in [-0.4, -0.2) is 54.2 Å². The second kappa shape index (κ2) is 9.54. The molecule has 1 saturated heterocycles. The Bertz CT molecular complexity index is 948. The Morgan fingerprint density at radius 2 is 1.83 bits per heavy atom. The quantitative estimate of drug-likeness (QED) is 0.644. The number of quaternary nitrogens is 1. The summed E-state index contributed by atoms with van der Waals surface area (Å²) in [6, 6.07) is 17.9. The van der Waals surface area contributed by atoms with Crippen molar-refractivity contribution in [3.05, 3.63) is 66.1 Å². The minimum absolute atomic E-state index is 0.151. The lowest BCUT2D eigenvalue weighted by atomic mass is 10.2. The number of methoxy groups -OCH3 is 1. The van der Waals surface area contributed by atoms with Gasteiger partial charge in [-0.05, 0) is 24.3 Å². The van der Waals surface area contributed by atoms with Gasteiger partial charge >= 0.3 is 0 Å². The monoisotopic (exact) mass is 407 g/mol. The van der Waals surface area contributed by atoms with E-state index in [9.17, 15) is 4.79 Å². The highest BCUT2D eigenvalue weighted by atomic mass is 16.5. The molecular weight excluding hydrogens is 380 g/mol. The molecule has 4 rings (SSSR count). The number of amides is 1. The van der Waals surface area contributed by atoms with Gasteiger partial charge in [0.15, 0.2) is 0 Å². The summed E-state index contributed by atoms with van der Waals surface area (Å²) in [5.74, 6) is 2.10. The van der Waals surface area contributed by atoms with Crippen molar-refractivity contribution in [2.75, 3.05) is 33.3 Å². The third kappa shape index (κ3) is 5.04. The van der Waals surface area contributed by atoms with Crippen LogP contribution in [-0.2, 0) is 17.8 Å². The fraction of sp³-hybridized carbons (Fsp3) is 0.348. The van der Waals surface area contributed by atoms with Gasteiger partial charge in [0.05, 0.1) is 33.3 Å². The molecule has 3 aromatic rings. The molecule has 2 heterocycles. The van der Waals surface area contributed by atoms with Crippen molar-refractivity contribution in [1.29, 1.82) is 0 Å². The Kier molecular flexibility index (Phi) is 6.39. The SMILES string of the molecule is COc1ccc(C[NH+]2CCN(C(=O)CCc3nc(-c4ccccc4)no3)CC2)cc1. The Morgan fingerprint density at radius 3 is 2.53 bits per heavy atom. The van der Waals surface area contributed by atoms with Gasteiger partial charge < -0.3 is 19.1 Å². The third-order valence-corrected chi connectivity index (χ3v) is 5.49. The van der Waals surface area contributed by atoms with Gasteiger partial charge in [0.1, 0.15) is 12.3 Å². The van der Waals surface area contributed by atoms with E-state index in [2.05, 4.69) is 22.3 Å². The molecule has 1 amide bonds. The highest BCUT2D eigenvalue weighted by molar-refractivity contribution is 5.76. The van der Waals surface area contributed by atoms with Crippen LogP contribution in [0.1, 0.15) is 17.9 Å². The van der Waals surface area contributed by atoms with Crippen LogP contribution in [0.5, 0.6) is 5.75 Å². The van der Waals surface area contributed by atoms with Crippen molar-refractivity contribution < 1.29 is 19.0 Å². The van der Waals surface area contributed by atoms with Gasteiger partial charge in [-0.1, -0.05) is 35.5 Å². The van der Waals surface area contributed by atoms with E-state index < -0.39 is 0 Å². The highest BCUT2D eigenvalue weighted by Crippen LogP contribution is 2.15. The molecule has 0 spiro atoms. The average molecular weight is 407 g/mol. The zero-order valence-electron chi connectivity index (χ0n) is 17.2. The lowest BCUT2D eigenvalue weighted by Gasteiger charge is -2.32. The molecule has 7 nitrogen and oxygen atoms in total. The first kappa shape index (κ1) is 20.1. The van der Waals surface area contributed by atoms with Crippen molar-refractivity contribution in [2.24, 2.45) is 0 Å². The number of rotatable bonds is 7. The molecule has 30 heavy (non-hydrogen) atoms. The number of nitrogens with one attached hydrogen (secondary N) is 1. The lowest BCUT2D eigenvalue weighted by Crippen LogP contribution is -3.13. The molecule has 1 N–H and O–H groups in total. The zero-order chi connectivity index (χ0) is 20.8. The summed E-state index contributed by atoms with van der Waals surface area (Å²) in [5, 5.41) is 4.02. The number of nitrogens with zero attached hydrogens (tertiary/aromatic N) is 3. The van der Waals surface area contributed by atoms with E-state index in [4.69, 9.17) is 9.26 Å². The molecule has 1 aliphatic rings. The molecule has 0 atom stereocenters. The predicted octanol–water partition coefficient (Wildman–Crippen LogP) is 1.61. The maximum Gasteiger partial charge on any atom is 0.227 e. The van der Waals surface area contributed by atoms with Gasteiger partial charge in [-0.15, -0.1) is 0 Å². The van der Waals surface area contributed by atoms with E-state index in [1.165, 1.54) is 10.5 Å². The molecule has 1 aliphatic heterocycles. The van der Waals surface area contributed by atoms with Gasteiger partial charge in [0.2, 0.25) is 17.6 Å². The standard InChI is InChI=1S/C23H26N4O3/c1-29-20-9-7-18(8-10-20)17-26-13-15-27(16-14-26)22(28)12-11-21-24-23(25-30-21)19-5-3-2-4-6-19/h2-10H,11-17H2,1H3/p+1. The topological polar surface area (TPSA) is 72.9 Å². The van der Waals surface area contributed by atoms with Crippen LogP contribution >= 0.6 is 0 Å². The number of piperazine rings is 1. The predicted molar refractivity (Wildman–Crippen MR) is 112 cm³/mol. The molecule has 156 valence electrons. The number of carbonyl (C=O) groups is 1. The number of benzene rings is 2. The van der Waals surface area contributed by atoms with Crippen molar-refractivity contribution >= 4 is 5.91 Å². The molecule has 0 unspecified atom stereocenters. The molecule has 0 aliphatic carbocycles. The molecule has 1 fully saturated rings.